The van der Waals surface area contributed by atoms with Crippen molar-refractivity contribution >= 4 is 22.5 Å². The van der Waals surface area contributed by atoms with Gasteiger partial charge in [0.05, 0.1) is 11.1 Å². The molecule has 0 radical (unpaired) electrons. The number of benzene rings is 2. The van der Waals surface area contributed by atoms with Gasteiger partial charge in [-0.15, -0.1) is 10.2 Å². The molecule has 0 spiro atoms. The average molecular weight is 339 g/mol. The summed E-state index contributed by atoms with van der Waals surface area (Å²) in [5.74, 6) is -1.48. The molecular weight excluding hydrogens is 321 g/mol. The quantitative estimate of drug-likeness (QED) is 0.648. The highest BCUT2D eigenvalue weighted by Crippen LogP contribution is 2.39. The number of nitrogens with zero attached hydrogens (tertiary/aromatic N) is 3. The first-order valence-corrected chi connectivity index (χ1v) is 8.14. The average Bonchev–Trinajstić information content (AvgIpc) is 2.89. The molecule has 6 heteroatoms. The van der Waals surface area contributed by atoms with E-state index in [0.29, 0.717) is 11.9 Å². The van der Waals surface area contributed by atoms with Crippen LogP contribution in [0.25, 0.3) is 10.9 Å². The minimum atomic E-state index is -0.789. The first-order valence-electron chi connectivity index (χ1n) is 8.14. The first kappa shape index (κ1) is 16.8. The van der Waals surface area contributed by atoms with Gasteiger partial charge in [0.25, 0.3) is 5.91 Å². The van der Waals surface area contributed by atoms with E-state index >= 15 is 0 Å². The lowest BCUT2D eigenvalue weighted by Crippen LogP contribution is -1.97. The van der Waals surface area contributed by atoms with E-state index in [1.807, 2.05) is 18.2 Å². The second-order valence-electron chi connectivity index (χ2n) is 5.68. The van der Waals surface area contributed by atoms with Gasteiger partial charge < -0.3 is 9.67 Å². The van der Waals surface area contributed by atoms with Crippen LogP contribution in [0.5, 0.6) is 5.88 Å². The molecule has 0 aliphatic rings. The van der Waals surface area contributed by atoms with Crippen LogP contribution in [-0.4, -0.2) is 15.6 Å². The van der Waals surface area contributed by atoms with Crippen LogP contribution in [0.15, 0.2) is 58.8 Å². The van der Waals surface area contributed by atoms with E-state index in [9.17, 15) is 14.3 Å². The predicted molar refractivity (Wildman–Crippen MR) is 93.8 cm³/mol. The fourth-order valence-corrected chi connectivity index (χ4v) is 2.70. The van der Waals surface area contributed by atoms with Crippen LogP contribution in [-0.2, 0) is 6.54 Å². The molecule has 1 aromatic heterocycles. The third-order valence-corrected chi connectivity index (χ3v) is 4.00. The molecule has 128 valence electrons. The minimum absolute atomic E-state index is 0.0419. The Morgan fingerprint density at radius 3 is 2.64 bits per heavy atom. The number of carbonyl (C=O) groups is 1. The van der Waals surface area contributed by atoms with Crippen molar-refractivity contribution in [3.8, 4) is 5.88 Å². The molecule has 0 aliphatic carbocycles. The second-order valence-corrected chi connectivity index (χ2v) is 5.68. The van der Waals surface area contributed by atoms with Gasteiger partial charge in [0, 0.05) is 11.9 Å². The maximum Gasteiger partial charge on any atom is 0.298 e. The monoisotopic (exact) mass is 339 g/mol. The van der Waals surface area contributed by atoms with Crippen molar-refractivity contribution in [1.82, 2.24) is 4.57 Å². The summed E-state index contributed by atoms with van der Waals surface area (Å²) in [7, 11) is 0. The number of carbonyl (C=O) groups excluding carboxylic acids is 1. The van der Waals surface area contributed by atoms with Crippen molar-refractivity contribution in [3.63, 3.8) is 0 Å². The highest BCUT2D eigenvalue weighted by Gasteiger charge is 2.17. The first-order chi connectivity index (χ1) is 12.1. The largest absolute Gasteiger partial charge is 0.493 e. The Morgan fingerprint density at radius 1 is 1.16 bits per heavy atom. The van der Waals surface area contributed by atoms with Crippen LogP contribution in [0.3, 0.4) is 0 Å². The van der Waals surface area contributed by atoms with Gasteiger partial charge in [-0.3, -0.25) is 4.79 Å². The fraction of sp³-hybridized carbons (Fsp3) is 0.211. The van der Waals surface area contributed by atoms with E-state index < -0.39 is 11.7 Å². The lowest BCUT2D eigenvalue weighted by atomic mass is 10.2. The van der Waals surface area contributed by atoms with Gasteiger partial charge in [-0.2, -0.15) is 0 Å². The molecule has 0 bridgehead atoms. The molecule has 1 heterocycles. The zero-order chi connectivity index (χ0) is 17.8. The summed E-state index contributed by atoms with van der Waals surface area (Å²) >= 11 is 0. The maximum atomic E-state index is 13.7. The number of aromatic nitrogens is 1. The van der Waals surface area contributed by atoms with Crippen LogP contribution in [0.2, 0.25) is 0 Å². The number of rotatable bonds is 5. The maximum absolute atomic E-state index is 13.7. The number of aromatic hydroxyl groups is 1. The molecule has 0 saturated carbocycles. The Bertz CT molecular complexity index is 947. The van der Waals surface area contributed by atoms with Gasteiger partial charge in [-0.05, 0) is 24.6 Å². The lowest BCUT2D eigenvalue weighted by molar-refractivity contribution is 0.0991. The second kappa shape index (κ2) is 7.25. The van der Waals surface area contributed by atoms with E-state index in [1.54, 1.807) is 16.7 Å². The summed E-state index contributed by atoms with van der Waals surface area (Å²) in [4.78, 5) is 12.1. The van der Waals surface area contributed by atoms with E-state index in [0.717, 1.165) is 18.4 Å². The molecule has 3 aromatic rings. The Kier molecular flexibility index (Phi) is 4.88. The third kappa shape index (κ3) is 3.28. The van der Waals surface area contributed by atoms with Gasteiger partial charge in [-0.1, -0.05) is 43.7 Å². The van der Waals surface area contributed by atoms with Crippen LogP contribution >= 0.6 is 0 Å². The number of para-hydroxylation sites is 1. The lowest BCUT2D eigenvalue weighted by Gasteiger charge is -2.05. The van der Waals surface area contributed by atoms with Crippen molar-refractivity contribution < 1.29 is 14.3 Å². The Labute approximate surface area is 144 Å². The van der Waals surface area contributed by atoms with Crippen LogP contribution in [0.4, 0.5) is 10.1 Å². The minimum Gasteiger partial charge on any atom is -0.493 e. The number of unbranched alkanes of at least 4 members (excludes halogenated alkanes) is 1. The Morgan fingerprint density at radius 2 is 1.88 bits per heavy atom. The fourth-order valence-electron chi connectivity index (χ4n) is 2.70. The van der Waals surface area contributed by atoms with Crippen molar-refractivity contribution in [2.24, 2.45) is 10.2 Å². The Hall–Kier alpha value is -3.02. The molecule has 5 nitrogen and oxygen atoms in total. The molecule has 0 unspecified atom stereocenters. The molecule has 0 aliphatic heterocycles. The van der Waals surface area contributed by atoms with Crippen LogP contribution in [0.1, 0.15) is 30.1 Å². The number of halogens is 1. The highest BCUT2D eigenvalue weighted by molar-refractivity contribution is 5.97. The zero-order valence-corrected chi connectivity index (χ0v) is 13.8. The molecule has 1 N–H and O–H groups in total. The van der Waals surface area contributed by atoms with Crippen molar-refractivity contribution in [2.75, 3.05) is 0 Å². The molecule has 3 rings (SSSR count). The summed E-state index contributed by atoms with van der Waals surface area (Å²) in [6, 6.07) is 13.0. The van der Waals surface area contributed by atoms with Gasteiger partial charge in [-0.25, -0.2) is 4.39 Å². The number of amides is 1. The molecule has 2 aromatic carbocycles. The molecule has 1 amide bonds. The van der Waals surface area contributed by atoms with Gasteiger partial charge >= 0.3 is 0 Å². The third-order valence-electron chi connectivity index (χ3n) is 4.00. The van der Waals surface area contributed by atoms with Crippen LogP contribution < -0.4 is 0 Å². The summed E-state index contributed by atoms with van der Waals surface area (Å²) in [5.41, 5.74) is 0.887. The van der Waals surface area contributed by atoms with E-state index in [-0.39, 0.29) is 17.1 Å². The van der Waals surface area contributed by atoms with E-state index in [2.05, 4.69) is 17.2 Å². The molecule has 0 fully saturated rings. The van der Waals surface area contributed by atoms with Gasteiger partial charge in [0.15, 0.2) is 5.69 Å². The number of aryl methyl sites for hydroxylation is 1. The zero-order valence-electron chi connectivity index (χ0n) is 13.8. The summed E-state index contributed by atoms with van der Waals surface area (Å²) in [5, 5.41) is 18.7. The van der Waals surface area contributed by atoms with E-state index in [1.165, 1.54) is 18.2 Å². The highest BCUT2D eigenvalue weighted by atomic mass is 19.1. The molecule has 0 saturated heterocycles. The molecule has 0 atom stereocenters. The standard InChI is InChI=1S/C19H18FN3O2/c1-2-3-12-23-16-11-7-5-9-14(16)17(19(23)25)21-22-18(24)13-8-4-6-10-15(13)20/h4-11,25H,2-3,12H2,1H3. The normalized spacial score (nSPS) is 11.4. The summed E-state index contributed by atoms with van der Waals surface area (Å²) < 4.78 is 15.4. The summed E-state index contributed by atoms with van der Waals surface area (Å²) in [6.07, 6.45) is 1.88. The van der Waals surface area contributed by atoms with E-state index in [4.69, 9.17) is 0 Å². The topological polar surface area (TPSA) is 66.9 Å². The van der Waals surface area contributed by atoms with Gasteiger partial charge in [0.2, 0.25) is 5.88 Å². The smallest absolute Gasteiger partial charge is 0.298 e. The molecule has 25 heavy (non-hydrogen) atoms. The number of hydrogen-bond donors (Lipinski definition) is 1. The van der Waals surface area contributed by atoms with Crippen molar-refractivity contribution in [3.05, 3.63) is 59.9 Å². The summed E-state index contributed by atoms with van der Waals surface area (Å²) in [6.45, 7) is 2.70. The number of azo groups is 1. The Balaban J connectivity index is 2.00. The molecular formula is C19H18FN3O2. The number of hydrogen-bond acceptors (Lipinski definition) is 3. The van der Waals surface area contributed by atoms with Crippen molar-refractivity contribution in [1.29, 1.82) is 0 Å². The van der Waals surface area contributed by atoms with Gasteiger partial charge in [0.1, 0.15) is 5.82 Å². The predicted octanol–water partition coefficient (Wildman–Crippen LogP) is 5.21. The SMILES string of the molecule is CCCCn1c(O)c(N=NC(=O)c2ccccc2F)c2ccccc21. The van der Waals surface area contributed by atoms with Crippen molar-refractivity contribution in [2.45, 2.75) is 26.3 Å². The van der Waals surface area contributed by atoms with Crippen LogP contribution in [0, 0.1) is 5.82 Å². The number of fused-ring (bicyclic) bond motifs is 1.